The van der Waals surface area contributed by atoms with E-state index in [4.69, 9.17) is 4.74 Å². The number of nitrogens with zero attached hydrogens (tertiary/aromatic N) is 2. The molecule has 3 nitrogen and oxygen atoms in total. The first kappa shape index (κ1) is 9.65. The molecule has 1 heterocycles. The summed E-state index contributed by atoms with van der Waals surface area (Å²) in [5, 5.41) is 7.58. The fourth-order valence-electron chi connectivity index (χ4n) is 1.40. The van der Waals surface area contributed by atoms with Gasteiger partial charge in [-0.3, -0.25) is 0 Å². The number of methoxy groups -OCH3 is 1. The lowest BCUT2D eigenvalue weighted by Crippen LogP contribution is -1.90. The fraction of sp³-hybridized carbons (Fsp3) is 0.167. The third kappa shape index (κ3) is 2.53. The molecule has 0 saturated heterocycles. The van der Waals surface area contributed by atoms with Crippen molar-refractivity contribution in [2.45, 2.75) is 6.42 Å². The fourth-order valence-corrected chi connectivity index (χ4v) is 1.40. The Labute approximate surface area is 88.7 Å². The van der Waals surface area contributed by atoms with Gasteiger partial charge in [-0.1, -0.05) is 12.1 Å². The highest BCUT2D eigenvalue weighted by atomic mass is 16.5. The summed E-state index contributed by atoms with van der Waals surface area (Å²) in [4.78, 5) is 0. The molecule has 0 spiro atoms. The second-order valence-corrected chi connectivity index (χ2v) is 3.28. The van der Waals surface area contributed by atoms with Gasteiger partial charge in [-0.2, -0.15) is 10.2 Å². The van der Waals surface area contributed by atoms with Gasteiger partial charge >= 0.3 is 0 Å². The van der Waals surface area contributed by atoms with Crippen LogP contribution in [0.3, 0.4) is 0 Å². The largest absolute Gasteiger partial charge is 0.497 e. The maximum atomic E-state index is 5.10. The number of hydrogen-bond donors (Lipinski definition) is 0. The molecule has 0 saturated carbocycles. The smallest absolute Gasteiger partial charge is 0.118 e. The number of ether oxygens (including phenoxy) is 1. The standard InChI is InChI=1S/C12H12N2O/c1-15-12-4-2-10(3-5-12)8-11-6-7-13-14-9-11/h2-7,9H,8H2,1H3. The summed E-state index contributed by atoms with van der Waals surface area (Å²) in [5.74, 6) is 0.881. The average molecular weight is 200 g/mol. The van der Waals surface area contributed by atoms with Crippen LogP contribution in [0.5, 0.6) is 5.75 Å². The Morgan fingerprint density at radius 2 is 1.80 bits per heavy atom. The van der Waals surface area contributed by atoms with Crippen molar-refractivity contribution >= 4 is 0 Å². The zero-order chi connectivity index (χ0) is 10.5. The van der Waals surface area contributed by atoms with Crippen LogP contribution in [-0.2, 0) is 6.42 Å². The van der Waals surface area contributed by atoms with E-state index in [1.54, 1.807) is 19.5 Å². The normalized spacial score (nSPS) is 9.93. The van der Waals surface area contributed by atoms with E-state index in [1.165, 1.54) is 5.56 Å². The Morgan fingerprint density at radius 3 is 2.40 bits per heavy atom. The van der Waals surface area contributed by atoms with Gasteiger partial charge in [0.1, 0.15) is 5.75 Å². The molecule has 0 fully saturated rings. The Bertz CT molecular complexity index is 411. The van der Waals surface area contributed by atoms with Gasteiger partial charge in [0.2, 0.25) is 0 Å². The van der Waals surface area contributed by atoms with Crippen LogP contribution in [0.25, 0.3) is 0 Å². The van der Waals surface area contributed by atoms with E-state index >= 15 is 0 Å². The molecule has 76 valence electrons. The maximum absolute atomic E-state index is 5.10. The Balaban J connectivity index is 2.11. The second-order valence-electron chi connectivity index (χ2n) is 3.28. The first-order valence-electron chi connectivity index (χ1n) is 4.77. The van der Waals surface area contributed by atoms with Crippen LogP contribution >= 0.6 is 0 Å². The summed E-state index contributed by atoms with van der Waals surface area (Å²) in [6, 6.07) is 10.0. The summed E-state index contributed by atoms with van der Waals surface area (Å²) in [7, 11) is 1.67. The van der Waals surface area contributed by atoms with Gasteiger partial charge in [0.05, 0.1) is 13.3 Å². The van der Waals surface area contributed by atoms with E-state index in [0.717, 1.165) is 17.7 Å². The molecule has 0 bridgehead atoms. The average Bonchev–Trinajstić information content (AvgIpc) is 2.31. The molecule has 0 atom stereocenters. The highest BCUT2D eigenvalue weighted by molar-refractivity contribution is 5.30. The van der Waals surface area contributed by atoms with E-state index in [2.05, 4.69) is 22.3 Å². The minimum atomic E-state index is 0.875. The van der Waals surface area contributed by atoms with Crippen molar-refractivity contribution in [3.63, 3.8) is 0 Å². The van der Waals surface area contributed by atoms with Crippen molar-refractivity contribution in [1.29, 1.82) is 0 Å². The minimum Gasteiger partial charge on any atom is -0.497 e. The molecule has 3 heteroatoms. The van der Waals surface area contributed by atoms with Crippen LogP contribution in [0.15, 0.2) is 42.7 Å². The summed E-state index contributed by atoms with van der Waals surface area (Å²) < 4.78 is 5.10. The zero-order valence-electron chi connectivity index (χ0n) is 8.55. The Hall–Kier alpha value is -1.90. The van der Waals surface area contributed by atoms with Crippen LogP contribution in [0.2, 0.25) is 0 Å². The van der Waals surface area contributed by atoms with Crippen molar-refractivity contribution in [3.8, 4) is 5.75 Å². The molecular weight excluding hydrogens is 188 g/mol. The third-order valence-corrected chi connectivity index (χ3v) is 2.21. The molecule has 0 N–H and O–H groups in total. The van der Waals surface area contributed by atoms with E-state index in [9.17, 15) is 0 Å². The monoisotopic (exact) mass is 200 g/mol. The van der Waals surface area contributed by atoms with Crippen LogP contribution < -0.4 is 4.74 Å². The third-order valence-electron chi connectivity index (χ3n) is 2.21. The Kier molecular flexibility index (Phi) is 2.93. The molecular formula is C12H12N2O. The molecule has 0 amide bonds. The summed E-state index contributed by atoms with van der Waals surface area (Å²) in [6.45, 7) is 0. The summed E-state index contributed by atoms with van der Waals surface area (Å²) in [5.41, 5.74) is 2.40. The molecule has 0 radical (unpaired) electrons. The van der Waals surface area contributed by atoms with Crippen molar-refractivity contribution in [3.05, 3.63) is 53.9 Å². The number of benzene rings is 1. The molecule has 1 aromatic carbocycles. The van der Waals surface area contributed by atoms with Crippen molar-refractivity contribution < 1.29 is 4.74 Å². The molecule has 0 aliphatic heterocycles. The van der Waals surface area contributed by atoms with Gasteiger partial charge in [0, 0.05) is 6.20 Å². The van der Waals surface area contributed by atoms with E-state index in [0.29, 0.717) is 0 Å². The lowest BCUT2D eigenvalue weighted by molar-refractivity contribution is 0.414. The van der Waals surface area contributed by atoms with Gasteiger partial charge < -0.3 is 4.74 Å². The van der Waals surface area contributed by atoms with E-state index in [-0.39, 0.29) is 0 Å². The van der Waals surface area contributed by atoms with Gasteiger partial charge in [0.15, 0.2) is 0 Å². The minimum absolute atomic E-state index is 0.875. The number of rotatable bonds is 3. The summed E-state index contributed by atoms with van der Waals surface area (Å²) >= 11 is 0. The molecule has 2 rings (SSSR count). The highest BCUT2D eigenvalue weighted by Gasteiger charge is 1.96. The van der Waals surface area contributed by atoms with Crippen LogP contribution in [-0.4, -0.2) is 17.3 Å². The second kappa shape index (κ2) is 4.55. The quantitative estimate of drug-likeness (QED) is 0.760. The molecule has 0 aliphatic rings. The SMILES string of the molecule is COc1ccc(Cc2ccnnc2)cc1. The first-order valence-corrected chi connectivity index (χ1v) is 4.77. The van der Waals surface area contributed by atoms with Gasteiger partial charge in [-0.25, -0.2) is 0 Å². The molecule has 1 aromatic heterocycles. The topological polar surface area (TPSA) is 35.0 Å². The van der Waals surface area contributed by atoms with Crippen molar-refractivity contribution in [2.24, 2.45) is 0 Å². The molecule has 0 unspecified atom stereocenters. The van der Waals surface area contributed by atoms with Crippen LogP contribution in [0, 0.1) is 0 Å². The predicted molar refractivity (Wildman–Crippen MR) is 57.8 cm³/mol. The lowest BCUT2D eigenvalue weighted by Gasteiger charge is -2.02. The maximum Gasteiger partial charge on any atom is 0.118 e. The van der Waals surface area contributed by atoms with Gasteiger partial charge in [-0.05, 0) is 35.7 Å². The molecule has 2 aromatic rings. The predicted octanol–water partition coefficient (Wildman–Crippen LogP) is 2.08. The number of aromatic nitrogens is 2. The molecule has 15 heavy (non-hydrogen) atoms. The lowest BCUT2D eigenvalue weighted by atomic mass is 10.1. The van der Waals surface area contributed by atoms with E-state index in [1.807, 2.05) is 18.2 Å². The molecule has 0 aliphatic carbocycles. The van der Waals surface area contributed by atoms with Gasteiger partial charge in [0.25, 0.3) is 0 Å². The zero-order valence-corrected chi connectivity index (χ0v) is 8.55. The van der Waals surface area contributed by atoms with Crippen molar-refractivity contribution in [1.82, 2.24) is 10.2 Å². The van der Waals surface area contributed by atoms with Gasteiger partial charge in [-0.15, -0.1) is 0 Å². The highest BCUT2D eigenvalue weighted by Crippen LogP contribution is 2.13. The van der Waals surface area contributed by atoms with Crippen molar-refractivity contribution in [2.75, 3.05) is 7.11 Å². The van der Waals surface area contributed by atoms with Crippen LogP contribution in [0.1, 0.15) is 11.1 Å². The first-order chi connectivity index (χ1) is 7.38. The Morgan fingerprint density at radius 1 is 1.00 bits per heavy atom. The van der Waals surface area contributed by atoms with Crippen LogP contribution in [0.4, 0.5) is 0 Å². The van der Waals surface area contributed by atoms with E-state index < -0.39 is 0 Å². The summed E-state index contributed by atoms with van der Waals surface area (Å²) in [6.07, 6.45) is 4.36. The number of hydrogen-bond acceptors (Lipinski definition) is 3.